The topological polar surface area (TPSA) is 26.3 Å². The first kappa shape index (κ1) is 19.2. The summed E-state index contributed by atoms with van der Waals surface area (Å²) in [6.45, 7) is 2.24. The molecular formula is C25H28O2. The van der Waals surface area contributed by atoms with Gasteiger partial charge in [-0.05, 0) is 42.5 Å². The van der Waals surface area contributed by atoms with E-state index in [1.807, 2.05) is 24.3 Å². The summed E-state index contributed by atoms with van der Waals surface area (Å²) in [7, 11) is 1.65. The highest BCUT2D eigenvalue weighted by molar-refractivity contribution is 5.81. The number of carbonyl (C=O) groups is 1. The summed E-state index contributed by atoms with van der Waals surface area (Å²) in [6.07, 6.45) is 8.58. The first-order valence-corrected chi connectivity index (χ1v) is 9.77. The summed E-state index contributed by atoms with van der Waals surface area (Å²) >= 11 is 0. The molecular weight excluding hydrogens is 332 g/mol. The van der Waals surface area contributed by atoms with Crippen molar-refractivity contribution in [2.75, 3.05) is 7.11 Å². The van der Waals surface area contributed by atoms with Gasteiger partial charge in [0.1, 0.15) is 11.5 Å². The number of methoxy groups -OCH3 is 1. The summed E-state index contributed by atoms with van der Waals surface area (Å²) in [5.74, 6) is 1.61. The zero-order valence-corrected chi connectivity index (χ0v) is 16.3. The lowest BCUT2D eigenvalue weighted by Gasteiger charge is -2.18. The minimum atomic E-state index is 0.299. The van der Waals surface area contributed by atoms with Gasteiger partial charge in [0.2, 0.25) is 0 Å². The predicted molar refractivity (Wildman–Crippen MR) is 111 cm³/mol. The molecule has 1 atom stereocenters. The summed E-state index contributed by atoms with van der Waals surface area (Å²) in [4.78, 5) is 12.4. The summed E-state index contributed by atoms with van der Waals surface area (Å²) < 4.78 is 5.17. The van der Waals surface area contributed by atoms with Crippen LogP contribution in [0.5, 0.6) is 5.75 Å². The molecule has 1 unspecified atom stereocenters. The Kier molecular flexibility index (Phi) is 6.64. The van der Waals surface area contributed by atoms with Crippen LogP contribution >= 0.6 is 0 Å². The van der Waals surface area contributed by atoms with Crippen molar-refractivity contribution < 1.29 is 9.53 Å². The maximum Gasteiger partial charge on any atom is 0.137 e. The Morgan fingerprint density at radius 3 is 2.30 bits per heavy atom. The number of rotatable bonds is 9. The van der Waals surface area contributed by atoms with Crippen molar-refractivity contribution in [1.29, 1.82) is 0 Å². The van der Waals surface area contributed by atoms with E-state index >= 15 is 0 Å². The maximum absolute atomic E-state index is 12.4. The van der Waals surface area contributed by atoms with Crippen LogP contribution in [0, 0.1) is 5.92 Å². The first-order valence-electron chi connectivity index (χ1n) is 9.77. The Morgan fingerprint density at radius 1 is 0.926 bits per heavy atom. The fourth-order valence-electron chi connectivity index (χ4n) is 3.82. The second kappa shape index (κ2) is 9.36. The van der Waals surface area contributed by atoms with Crippen molar-refractivity contribution in [3.8, 4) is 5.75 Å². The van der Waals surface area contributed by atoms with Crippen molar-refractivity contribution in [1.82, 2.24) is 0 Å². The highest BCUT2D eigenvalue weighted by Crippen LogP contribution is 2.34. The van der Waals surface area contributed by atoms with E-state index in [1.165, 1.54) is 16.7 Å². The van der Waals surface area contributed by atoms with Crippen LogP contribution in [0.3, 0.4) is 0 Å². The summed E-state index contributed by atoms with van der Waals surface area (Å²) in [6, 6.07) is 18.4. The molecule has 0 heterocycles. The molecule has 140 valence electrons. The molecule has 0 spiro atoms. The van der Waals surface area contributed by atoms with E-state index < -0.39 is 0 Å². The van der Waals surface area contributed by atoms with Gasteiger partial charge < -0.3 is 4.74 Å². The predicted octanol–water partition coefficient (Wildman–Crippen LogP) is 5.72. The molecule has 0 amide bonds. The molecule has 1 aliphatic rings. The monoisotopic (exact) mass is 360 g/mol. The molecule has 0 radical (unpaired) electrons. The van der Waals surface area contributed by atoms with Crippen molar-refractivity contribution in [3.05, 3.63) is 89.0 Å². The number of benzene rings is 2. The molecule has 0 fully saturated rings. The van der Waals surface area contributed by atoms with Gasteiger partial charge in [-0.3, -0.25) is 4.79 Å². The number of carbonyl (C=O) groups excluding carboxylic acids is 1. The van der Waals surface area contributed by atoms with Crippen molar-refractivity contribution in [3.63, 3.8) is 0 Å². The number of allylic oxidation sites excluding steroid dienone is 4. The lowest BCUT2D eigenvalue weighted by molar-refractivity contribution is -0.118. The van der Waals surface area contributed by atoms with Gasteiger partial charge >= 0.3 is 0 Å². The average molecular weight is 360 g/mol. The van der Waals surface area contributed by atoms with Crippen LogP contribution in [-0.2, 0) is 17.6 Å². The molecule has 0 saturated heterocycles. The zero-order chi connectivity index (χ0) is 19.1. The fourth-order valence-corrected chi connectivity index (χ4v) is 3.82. The Bertz CT molecular complexity index is 813. The third-order valence-corrected chi connectivity index (χ3v) is 5.32. The molecule has 0 saturated carbocycles. The minimum Gasteiger partial charge on any atom is -0.497 e. The second-order valence-electron chi connectivity index (χ2n) is 7.17. The SMILES string of the molecule is CCC1C(CCC(=O)Cc2ccc(OC)cc2)=CC=C1Cc1ccccc1. The molecule has 2 heteroatoms. The molecule has 0 N–H and O–H groups in total. The van der Waals surface area contributed by atoms with Gasteiger partial charge in [-0.25, -0.2) is 0 Å². The van der Waals surface area contributed by atoms with Crippen LogP contribution in [0.2, 0.25) is 0 Å². The molecule has 2 aromatic rings. The van der Waals surface area contributed by atoms with Crippen LogP contribution < -0.4 is 4.74 Å². The highest BCUT2D eigenvalue weighted by atomic mass is 16.5. The van der Waals surface area contributed by atoms with E-state index in [9.17, 15) is 4.79 Å². The minimum absolute atomic E-state index is 0.299. The lowest BCUT2D eigenvalue weighted by atomic mass is 9.86. The van der Waals surface area contributed by atoms with Gasteiger partial charge in [0.05, 0.1) is 7.11 Å². The fraction of sp³-hybridized carbons (Fsp3) is 0.320. The normalized spacial score (nSPS) is 16.0. The van der Waals surface area contributed by atoms with E-state index in [2.05, 4.69) is 49.4 Å². The molecule has 0 aromatic heterocycles. The summed E-state index contributed by atoms with van der Waals surface area (Å²) in [5.41, 5.74) is 5.29. The van der Waals surface area contributed by atoms with Crippen LogP contribution in [0.1, 0.15) is 37.3 Å². The number of ether oxygens (including phenoxy) is 1. The largest absolute Gasteiger partial charge is 0.497 e. The Balaban J connectivity index is 1.51. The van der Waals surface area contributed by atoms with Crippen molar-refractivity contribution in [2.24, 2.45) is 5.92 Å². The molecule has 3 rings (SSSR count). The van der Waals surface area contributed by atoms with Gasteiger partial charge in [-0.1, -0.05) is 72.7 Å². The van der Waals surface area contributed by atoms with Crippen LogP contribution in [0.4, 0.5) is 0 Å². The second-order valence-corrected chi connectivity index (χ2v) is 7.17. The zero-order valence-electron chi connectivity index (χ0n) is 16.3. The number of hydrogen-bond donors (Lipinski definition) is 0. The van der Waals surface area contributed by atoms with Gasteiger partial charge in [0.25, 0.3) is 0 Å². The quantitative estimate of drug-likeness (QED) is 0.571. The van der Waals surface area contributed by atoms with Gasteiger partial charge in [0.15, 0.2) is 0 Å². The van der Waals surface area contributed by atoms with Crippen molar-refractivity contribution in [2.45, 2.75) is 39.0 Å². The van der Waals surface area contributed by atoms with E-state index in [-0.39, 0.29) is 0 Å². The molecule has 2 aromatic carbocycles. The van der Waals surface area contributed by atoms with E-state index in [0.29, 0.717) is 24.5 Å². The van der Waals surface area contributed by atoms with Crippen LogP contribution in [0.25, 0.3) is 0 Å². The van der Waals surface area contributed by atoms with E-state index in [1.54, 1.807) is 7.11 Å². The number of ketones is 1. The molecule has 0 bridgehead atoms. The van der Waals surface area contributed by atoms with Crippen LogP contribution in [0.15, 0.2) is 77.9 Å². The molecule has 0 aliphatic heterocycles. The molecule has 1 aliphatic carbocycles. The smallest absolute Gasteiger partial charge is 0.137 e. The number of Topliss-reactive ketones (excluding diaryl/α,β-unsaturated/α-hetero) is 1. The average Bonchev–Trinajstić information content (AvgIpc) is 3.09. The van der Waals surface area contributed by atoms with Crippen LogP contribution in [-0.4, -0.2) is 12.9 Å². The Labute approximate surface area is 162 Å². The Hall–Kier alpha value is -2.61. The first-order chi connectivity index (χ1) is 13.2. The molecule has 2 nitrogen and oxygen atoms in total. The van der Waals surface area contributed by atoms with E-state index in [4.69, 9.17) is 4.74 Å². The Morgan fingerprint density at radius 2 is 1.63 bits per heavy atom. The van der Waals surface area contributed by atoms with E-state index in [0.717, 1.165) is 30.6 Å². The van der Waals surface area contributed by atoms with Gasteiger partial charge in [-0.15, -0.1) is 0 Å². The summed E-state index contributed by atoms with van der Waals surface area (Å²) in [5, 5.41) is 0. The molecule has 27 heavy (non-hydrogen) atoms. The van der Waals surface area contributed by atoms with Crippen molar-refractivity contribution >= 4 is 5.78 Å². The highest BCUT2D eigenvalue weighted by Gasteiger charge is 2.21. The third kappa shape index (κ3) is 5.19. The third-order valence-electron chi connectivity index (χ3n) is 5.32. The lowest BCUT2D eigenvalue weighted by Crippen LogP contribution is -2.08. The number of hydrogen-bond acceptors (Lipinski definition) is 2. The standard InChI is InChI=1S/C25H28O2/c1-3-25-21(11-12-22(25)17-19-7-5-4-6-8-19)13-14-23(26)18-20-9-15-24(27-2)16-10-20/h4-12,15-16,25H,3,13-14,17-18H2,1-2H3. The van der Waals surface area contributed by atoms with Gasteiger partial charge in [0, 0.05) is 18.8 Å². The maximum atomic E-state index is 12.4. The van der Waals surface area contributed by atoms with Gasteiger partial charge in [-0.2, -0.15) is 0 Å².